The van der Waals surface area contributed by atoms with Crippen LogP contribution >= 0.6 is 0 Å². The first kappa shape index (κ1) is 4.74. The molecule has 2 rings (SSSR count). The molecule has 1 aliphatic rings. The van der Waals surface area contributed by atoms with Crippen molar-refractivity contribution >= 4 is 5.69 Å². The van der Waals surface area contributed by atoms with Gasteiger partial charge in [0.15, 0.2) is 0 Å². The lowest BCUT2D eigenvalue weighted by molar-refractivity contribution is 1.35. The van der Waals surface area contributed by atoms with Crippen LogP contribution in [-0.4, -0.2) is 6.54 Å². The maximum absolute atomic E-state index is 3.24. The van der Waals surface area contributed by atoms with Crippen LogP contribution in [0.2, 0.25) is 0 Å². The van der Waals surface area contributed by atoms with Crippen LogP contribution in [-0.2, 0) is 0 Å². The van der Waals surface area contributed by atoms with E-state index in [9.17, 15) is 0 Å². The van der Waals surface area contributed by atoms with Crippen molar-refractivity contribution in [3.8, 4) is 0 Å². The first-order chi connectivity index (χ1) is 4.47. The summed E-state index contributed by atoms with van der Waals surface area (Å²) in [6.45, 7) is 0.985. The molecule has 1 heteroatoms. The van der Waals surface area contributed by atoms with Crippen LogP contribution in [0.25, 0.3) is 0 Å². The Kier molecular flexibility index (Phi) is 0.890. The summed E-state index contributed by atoms with van der Waals surface area (Å²) < 4.78 is 0. The molecular formula is C8H8N-. The van der Waals surface area contributed by atoms with Crippen molar-refractivity contribution < 1.29 is 0 Å². The largest absolute Gasteiger partial charge is 0.443 e. The Balaban J connectivity index is 2.54. The summed E-state index contributed by atoms with van der Waals surface area (Å²) in [6.07, 6.45) is 2.19. The molecule has 1 aliphatic heterocycles. The van der Waals surface area contributed by atoms with Gasteiger partial charge >= 0.3 is 0 Å². The third kappa shape index (κ3) is 0.653. The van der Waals surface area contributed by atoms with E-state index in [1.54, 1.807) is 0 Å². The maximum Gasteiger partial charge on any atom is -0.0229 e. The van der Waals surface area contributed by atoms with Gasteiger partial charge < -0.3 is 5.32 Å². The van der Waals surface area contributed by atoms with Crippen LogP contribution in [0.15, 0.2) is 24.3 Å². The van der Waals surface area contributed by atoms with Gasteiger partial charge in [-0.3, -0.25) is 0 Å². The molecule has 46 valence electrons. The van der Waals surface area contributed by atoms with Gasteiger partial charge in [0.2, 0.25) is 0 Å². The third-order valence-corrected chi connectivity index (χ3v) is 1.58. The van der Waals surface area contributed by atoms with E-state index in [-0.39, 0.29) is 0 Å². The van der Waals surface area contributed by atoms with E-state index in [0.717, 1.165) is 6.54 Å². The van der Waals surface area contributed by atoms with Crippen molar-refractivity contribution in [1.82, 2.24) is 0 Å². The minimum Gasteiger partial charge on any atom is -0.443 e. The second-order valence-electron chi connectivity index (χ2n) is 2.17. The van der Waals surface area contributed by atoms with E-state index in [1.165, 1.54) is 11.3 Å². The molecule has 1 N–H and O–H groups in total. The second-order valence-corrected chi connectivity index (χ2v) is 2.17. The van der Waals surface area contributed by atoms with E-state index in [4.69, 9.17) is 0 Å². The van der Waals surface area contributed by atoms with Crippen LogP contribution in [0.5, 0.6) is 0 Å². The van der Waals surface area contributed by atoms with Gasteiger partial charge in [0.25, 0.3) is 0 Å². The van der Waals surface area contributed by atoms with Crippen molar-refractivity contribution in [3.63, 3.8) is 0 Å². The Hall–Kier alpha value is -1.11. The van der Waals surface area contributed by atoms with Gasteiger partial charge in [0.05, 0.1) is 0 Å². The highest BCUT2D eigenvalue weighted by molar-refractivity contribution is 5.59. The Morgan fingerprint density at radius 2 is 2.22 bits per heavy atom. The Bertz CT molecular complexity index is 195. The number of hydrogen-bond donors (Lipinski definition) is 1. The van der Waals surface area contributed by atoms with Crippen molar-refractivity contribution in [2.75, 3.05) is 11.9 Å². The third-order valence-electron chi connectivity index (χ3n) is 1.58. The van der Waals surface area contributed by atoms with Gasteiger partial charge in [-0.25, -0.2) is 0 Å². The van der Waals surface area contributed by atoms with Gasteiger partial charge in [-0.15, -0.1) is 6.07 Å². The van der Waals surface area contributed by atoms with Gasteiger partial charge in [-0.1, -0.05) is 17.8 Å². The number of fused-ring (bicyclic) bond motifs is 1. The molecule has 1 nitrogen and oxygen atoms in total. The molecule has 0 aliphatic carbocycles. The van der Waals surface area contributed by atoms with E-state index >= 15 is 0 Å². The van der Waals surface area contributed by atoms with Crippen molar-refractivity contribution in [1.29, 1.82) is 0 Å². The predicted octanol–water partition coefficient (Wildman–Crippen LogP) is 1.66. The molecule has 0 unspecified atom stereocenters. The zero-order chi connectivity index (χ0) is 6.10. The lowest BCUT2D eigenvalue weighted by Gasteiger charge is -2.03. The number of rotatable bonds is 0. The molecule has 0 saturated heterocycles. The molecule has 1 heterocycles. The van der Waals surface area contributed by atoms with E-state index in [2.05, 4.69) is 29.9 Å². The average Bonchev–Trinajstić information content (AvgIpc) is 2.33. The average molecular weight is 118 g/mol. The summed E-state index contributed by atoms with van der Waals surface area (Å²) in [5.41, 5.74) is 2.59. The first-order valence-electron chi connectivity index (χ1n) is 3.13. The van der Waals surface area contributed by atoms with Crippen LogP contribution in [0.3, 0.4) is 0 Å². The topological polar surface area (TPSA) is 12.0 Å². The maximum atomic E-state index is 3.24. The van der Waals surface area contributed by atoms with Crippen LogP contribution < -0.4 is 5.32 Å². The summed E-state index contributed by atoms with van der Waals surface area (Å²) in [4.78, 5) is 0. The standard InChI is InChI=1S/C8H8N/c1-2-4-8-7(3-1)5-6-9-8/h1-5,9H,6H2/q-1. The summed E-state index contributed by atoms with van der Waals surface area (Å²) in [5, 5.41) is 3.24. The van der Waals surface area contributed by atoms with Gasteiger partial charge in [-0.05, 0) is 6.54 Å². The molecule has 0 amide bonds. The molecule has 1 aromatic carbocycles. The number of nitrogens with one attached hydrogen (secondary N) is 1. The van der Waals surface area contributed by atoms with Crippen molar-refractivity contribution in [2.24, 2.45) is 0 Å². The quantitative estimate of drug-likeness (QED) is 0.511. The summed E-state index contributed by atoms with van der Waals surface area (Å²) >= 11 is 0. The number of anilines is 1. The second kappa shape index (κ2) is 1.69. The Morgan fingerprint density at radius 3 is 3.11 bits per heavy atom. The molecular weight excluding hydrogens is 110 g/mol. The fourth-order valence-corrected chi connectivity index (χ4v) is 1.11. The van der Waals surface area contributed by atoms with E-state index in [0.29, 0.717) is 0 Å². The van der Waals surface area contributed by atoms with E-state index in [1.807, 2.05) is 6.07 Å². The zero-order valence-corrected chi connectivity index (χ0v) is 5.09. The minimum atomic E-state index is 0.985. The van der Waals surface area contributed by atoms with Gasteiger partial charge in [0, 0.05) is 0 Å². The molecule has 0 radical (unpaired) electrons. The summed E-state index contributed by atoms with van der Waals surface area (Å²) in [6, 6.07) is 8.32. The summed E-state index contributed by atoms with van der Waals surface area (Å²) in [7, 11) is 0. The Morgan fingerprint density at radius 1 is 1.33 bits per heavy atom. The van der Waals surface area contributed by atoms with Crippen LogP contribution in [0.4, 0.5) is 5.69 Å². The van der Waals surface area contributed by atoms with Crippen molar-refractivity contribution in [3.05, 3.63) is 36.2 Å². The fraction of sp³-hybridized carbons (Fsp3) is 0.125. The Labute approximate surface area is 54.7 Å². The molecule has 1 aromatic rings. The van der Waals surface area contributed by atoms with Gasteiger partial charge in [-0.2, -0.15) is 18.1 Å². The highest BCUT2D eigenvalue weighted by atomic mass is 14.9. The molecule has 0 bridgehead atoms. The number of hydrogen-bond acceptors (Lipinski definition) is 1. The van der Waals surface area contributed by atoms with E-state index < -0.39 is 0 Å². The fourth-order valence-electron chi connectivity index (χ4n) is 1.11. The first-order valence-corrected chi connectivity index (χ1v) is 3.13. The van der Waals surface area contributed by atoms with Crippen LogP contribution in [0.1, 0.15) is 5.56 Å². The molecule has 0 saturated carbocycles. The lowest BCUT2D eigenvalue weighted by atomic mass is 10.2. The highest BCUT2D eigenvalue weighted by Crippen LogP contribution is 2.21. The SMILES string of the molecule is c1ccc2c(c1)[CH-]CN2. The van der Waals surface area contributed by atoms with Gasteiger partial charge in [0.1, 0.15) is 0 Å². The molecule has 0 aromatic heterocycles. The molecule has 0 spiro atoms. The molecule has 9 heavy (non-hydrogen) atoms. The number of para-hydroxylation sites is 1. The zero-order valence-electron chi connectivity index (χ0n) is 5.09. The lowest BCUT2D eigenvalue weighted by Crippen LogP contribution is -1.89. The predicted molar refractivity (Wildman–Crippen MR) is 38.3 cm³/mol. The molecule has 0 fully saturated rings. The molecule has 0 atom stereocenters. The monoisotopic (exact) mass is 118 g/mol. The number of benzene rings is 1. The minimum absolute atomic E-state index is 0.985. The summed E-state index contributed by atoms with van der Waals surface area (Å²) in [5.74, 6) is 0. The smallest absolute Gasteiger partial charge is 0.0229 e. The normalized spacial score (nSPS) is 13.8. The highest BCUT2D eigenvalue weighted by Gasteiger charge is 1.95. The van der Waals surface area contributed by atoms with Crippen LogP contribution in [0, 0.1) is 6.42 Å². The van der Waals surface area contributed by atoms with Crippen molar-refractivity contribution in [2.45, 2.75) is 0 Å².